The number of amides is 1. The van der Waals surface area contributed by atoms with Gasteiger partial charge in [0.15, 0.2) is 0 Å². The second kappa shape index (κ2) is 8.76. The van der Waals surface area contributed by atoms with Crippen LogP contribution < -0.4 is 5.73 Å². The molecule has 0 saturated carbocycles. The number of phenols is 1. The van der Waals surface area contributed by atoms with E-state index in [1.807, 2.05) is 42.2 Å². The van der Waals surface area contributed by atoms with E-state index < -0.39 is 5.91 Å². The maximum absolute atomic E-state index is 11.3. The van der Waals surface area contributed by atoms with Gasteiger partial charge in [0.05, 0.1) is 0 Å². The number of carbonyl (C=O) groups is 1. The molecule has 6 heteroatoms. The first-order valence-corrected chi connectivity index (χ1v) is 10.9. The number of aromatic nitrogens is 1. The van der Waals surface area contributed by atoms with Crippen molar-refractivity contribution < 1.29 is 9.90 Å². The summed E-state index contributed by atoms with van der Waals surface area (Å²) in [5.74, 6) is 2.22. The van der Waals surface area contributed by atoms with Crippen LogP contribution in [0.15, 0.2) is 60.8 Å². The molecule has 3 aromatic rings. The number of phenolic OH excluding ortho intramolecular Hbond substituents is 1. The van der Waals surface area contributed by atoms with E-state index in [-0.39, 0.29) is 0 Å². The van der Waals surface area contributed by atoms with E-state index in [1.165, 1.54) is 5.56 Å². The third-order valence-electron chi connectivity index (χ3n) is 5.35. The van der Waals surface area contributed by atoms with Crippen molar-refractivity contribution in [2.75, 3.05) is 25.4 Å². The Kier molecular flexibility index (Phi) is 5.92. The fourth-order valence-electron chi connectivity index (χ4n) is 3.78. The summed E-state index contributed by atoms with van der Waals surface area (Å²) in [6.45, 7) is 2.97. The quantitative estimate of drug-likeness (QED) is 0.410. The van der Waals surface area contributed by atoms with Crippen molar-refractivity contribution in [1.82, 2.24) is 9.88 Å². The molecule has 0 radical (unpaired) electrons. The highest BCUT2D eigenvalue weighted by Crippen LogP contribution is 2.26. The summed E-state index contributed by atoms with van der Waals surface area (Å²) in [6.07, 6.45) is 6.48. The molecule has 1 amide bonds. The van der Waals surface area contributed by atoms with Gasteiger partial charge in [0.25, 0.3) is 0 Å². The number of hydrogen-bond donors (Lipinski definition) is 3. The van der Waals surface area contributed by atoms with Gasteiger partial charge in [0.1, 0.15) is 5.75 Å². The number of hydrogen-bond acceptors (Lipinski definition) is 4. The SMILES string of the molecule is NC(=O)c1ccc2c(CSCCN3CC=CC(c4cccc(O)c4)C3)c[nH]c2c1. The average molecular weight is 408 g/mol. The first kappa shape index (κ1) is 19.6. The van der Waals surface area contributed by atoms with Crippen LogP contribution in [0.25, 0.3) is 10.9 Å². The van der Waals surface area contributed by atoms with Crippen LogP contribution in [0, 0.1) is 0 Å². The number of nitrogens with zero attached hydrogens (tertiary/aromatic N) is 1. The van der Waals surface area contributed by atoms with Gasteiger partial charge in [0.2, 0.25) is 5.91 Å². The predicted octanol–water partition coefficient (Wildman–Crippen LogP) is 3.86. The molecule has 0 bridgehead atoms. The molecule has 4 rings (SSSR count). The summed E-state index contributed by atoms with van der Waals surface area (Å²) in [6, 6.07) is 13.1. The molecular weight excluding hydrogens is 382 g/mol. The van der Waals surface area contributed by atoms with Gasteiger partial charge >= 0.3 is 0 Å². The van der Waals surface area contributed by atoms with Crippen molar-refractivity contribution in [2.45, 2.75) is 11.7 Å². The number of nitrogens with two attached hydrogens (primary N) is 1. The second-order valence-electron chi connectivity index (χ2n) is 7.38. The van der Waals surface area contributed by atoms with E-state index in [4.69, 9.17) is 5.73 Å². The van der Waals surface area contributed by atoms with E-state index in [1.54, 1.807) is 12.1 Å². The van der Waals surface area contributed by atoms with Gasteiger partial charge in [0, 0.05) is 59.7 Å². The number of rotatable bonds is 7. The number of aromatic hydroxyl groups is 1. The normalized spacial score (nSPS) is 17.0. The van der Waals surface area contributed by atoms with Crippen LogP contribution in [0.4, 0.5) is 0 Å². The molecule has 5 nitrogen and oxygen atoms in total. The second-order valence-corrected chi connectivity index (χ2v) is 8.49. The van der Waals surface area contributed by atoms with Crippen LogP contribution in [0.3, 0.4) is 0 Å². The molecule has 1 aliphatic heterocycles. The number of primary amides is 1. The van der Waals surface area contributed by atoms with Crippen LogP contribution in [-0.4, -0.2) is 46.3 Å². The van der Waals surface area contributed by atoms with Crippen LogP contribution >= 0.6 is 11.8 Å². The van der Waals surface area contributed by atoms with Gasteiger partial charge in [-0.05, 0) is 35.4 Å². The van der Waals surface area contributed by atoms with Gasteiger partial charge in [-0.25, -0.2) is 0 Å². The fraction of sp³-hybridized carbons (Fsp3) is 0.261. The van der Waals surface area contributed by atoms with Crippen LogP contribution in [-0.2, 0) is 5.75 Å². The van der Waals surface area contributed by atoms with Gasteiger partial charge in [-0.1, -0.05) is 30.4 Å². The molecule has 1 unspecified atom stereocenters. The van der Waals surface area contributed by atoms with E-state index in [0.717, 1.165) is 47.6 Å². The van der Waals surface area contributed by atoms with Crippen molar-refractivity contribution in [3.63, 3.8) is 0 Å². The Morgan fingerprint density at radius 3 is 3.00 bits per heavy atom. The van der Waals surface area contributed by atoms with E-state index in [2.05, 4.69) is 28.1 Å². The lowest BCUT2D eigenvalue weighted by Crippen LogP contribution is -2.33. The Balaban J connectivity index is 1.29. The Morgan fingerprint density at radius 2 is 2.17 bits per heavy atom. The standard InChI is InChI=1S/C23H25N3O2S/c24-23(28)17-6-7-21-19(13-25-22(21)12-17)15-29-10-9-26-8-2-4-18(14-26)16-3-1-5-20(27)11-16/h1-7,11-13,18,25,27H,8-10,14-15H2,(H2,24,28). The first-order valence-electron chi connectivity index (χ1n) is 9.75. The molecule has 0 fully saturated rings. The minimum absolute atomic E-state index is 0.324. The number of thioether (sulfide) groups is 1. The third kappa shape index (κ3) is 4.66. The number of carbonyl (C=O) groups excluding carboxylic acids is 1. The monoisotopic (exact) mass is 407 g/mol. The van der Waals surface area contributed by atoms with Crippen molar-refractivity contribution in [2.24, 2.45) is 5.73 Å². The summed E-state index contributed by atoms with van der Waals surface area (Å²) in [4.78, 5) is 17.0. The molecule has 150 valence electrons. The van der Waals surface area contributed by atoms with Crippen LogP contribution in [0.2, 0.25) is 0 Å². The summed E-state index contributed by atoms with van der Waals surface area (Å²) in [7, 11) is 0. The maximum atomic E-state index is 11.3. The lowest BCUT2D eigenvalue weighted by Gasteiger charge is -2.29. The zero-order valence-electron chi connectivity index (χ0n) is 16.2. The molecule has 0 spiro atoms. The zero-order valence-corrected chi connectivity index (χ0v) is 17.0. The lowest BCUT2D eigenvalue weighted by molar-refractivity contribution is 0.100. The highest BCUT2D eigenvalue weighted by atomic mass is 32.2. The molecule has 29 heavy (non-hydrogen) atoms. The summed E-state index contributed by atoms with van der Waals surface area (Å²) < 4.78 is 0. The minimum atomic E-state index is -0.406. The Bertz CT molecular complexity index is 1040. The van der Waals surface area contributed by atoms with Crippen molar-refractivity contribution >= 4 is 28.6 Å². The molecule has 1 aromatic heterocycles. The molecular formula is C23H25N3O2S. The molecule has 2 heterocycles. The highest BCUT2D eigenvalue weighted by Gasteiger charge is 2.17. The number of aromatic amines is 1. The van der Waals surface area contributed by atoms with Crippen LogP contribution in [0.5, 0.6) is 5.75 Å². The van der Waals surface area contributed by atoms with Crippen molar-refractivity contribution in [3.8, 4) is 5.75 Å². The third-order valence-corrected chi connectivity index (χ3v) is 6.33. The largest absolute Gasteiger partial charge is 0.508 e. The predicted molar refractivity (Wildman–Crippen MR) is 119 cm³/mol. The van der Waals surface area contributed by atoms with Gasteiger partial charge in [-0.15, -0.1) is 0 Å². The van der Waals surface area contributed by atoms with Gasteiger partial charge in [-0.2, -0.15) is 11.8 Å². The van der Waals surface area contributed by atoms with Crippen molar-refractivity contribution in [3.05, 3.63) is 77.5 Å². The number of fused-ring (bicyclic) bond motifs is 1. The first-order chi connectivity index (χ1) is 14.1. The average Bonchev–Trinajstić information content (AvgIpc) is 3.14. The summed E-state index contributed by atoms with van der Waals surface area (Å²) in [5.41, 5.74) is 9.24. The van der Waals surface area contributed by atoms with E-state index in [0.29, 0.717) is 17.2 Å². The smallest absolute Gasteiger partial charge is 0.248 e. The number of H-pyrrole nitrogens is 1. The summed E-state index contributed by atoms with van der Waals surface area (Å²) in [5, 5.41) is 10.9. The lowest BCUT2D eigenvalue weighted by atomic mass is 9.95. The molecule has 1 atom stereocenters. The number of nitrogens with one attached hydrogen (secondary N) is 1. The molecule has 0 saturated heterocycles. The summed E-state index contributed by atoms with van der Waals surface area (Å²) >= 11 is 1.91. The molecule has 2 aromatic carbocycles. The van der Waals surface area contributed by atoms with E-state index >= 15 is 0 Å². The van der Waals surface area contributed by atoms with Crippen LogP contribution in [0.1, 0.15) is 27.4 Å². The maximum Gasteiger partial charge on any atom is 0.248 e. The Labute approximate surface area is 174 Å². The highest BCUT2D eigenvalue weighted by molar-refractivity contribution is 7.98. The Hall–Kier alpha value is -2.70. The zero-order chi connectivity index (χ0) is 20.2. The van der Waals surface area contributed by atoms with Crippen molar-refractivity contribution in [1.29, 1.82) is 0 Å². The van der Waals surface area contributed by atoms with Gasteiger partial charge in [-0.3, -0.25) is 9.69 Å². The topological polar surface area (TPSA) is 82.3 Å². The molecule has 4 N–H and O–H groups in total. The Morgan fingerprint density at radius 1 is 1.28 bits per heavy atom. The number of benzene rings is 2. The minimum Gasteiger partial charge on any atom is -0.508 e. The van der Waals surface area contributed by atoms with E-state index in [9.17, 15) is 9.90 Å². The van der Waals surface area contributed by atoms with Gasteiger partial charge < -0.3 is 15.8 Å². The molecule has 1 aliphatic rings. The fourth-order valence-corrected chi connectivity index (χ4v) is 4.77. The molecule has 0 aliphatic carbocycles.